The second kappa shape index (κ2) is 8.37. The molecule has 0 radical (unpaired) electrons. The fourth-order valence-corrected chi connectivity index (χ4v) is 4.45. The number of aromatic nitrogens is 4. The van der Waals surface area contributed by atoms with Gasteiger partial charge in [-0.05, 0) is 37.1 Å². The topological polar surface area (TPSA) is 73.0 Å². The van der Waals surface area contributed by atoms with Gasteiger partial charge in [0.2, 0.25) is 10.0 Å². The van der Waals surface area contributed by atoms with Crippen LogP contribution in [0.5, 0.6) is 0 Å². The molecule has 2 aromatic heterocycles. The fourth-order valence-electron chi connectivity index (χ4n) is 2.88. The van der Waals surface area contributed by atoms with Gasteiger partial charge < -0.3 is 0 Å². The molecule has 156 valence electrons. The van der Waals surface area contributed by atoms with Crippen LogP contribution >= 0.6 is 0 Å². The van der Waals surface area contributed by atoms with E-state index in [4.69, 9.17) is 0 Å². The Bertz CT molecular complexity index is 1080. The Morgan fingerprint density at radius 1 is 1.17 bits per heavy atom. The minimum absolute atomic E-state index is 0.000668. The molecule has 0 N–H and O–H groups in total. The van der Waals surface area contributed by atoms with Crippen LogP contribution in [0, 0.1) is 12.7 Å². The van der Waals surface area contributed by atoms with Crippen LogP contribution in [-0.2, 0) is 30.0 Å². The quantitative estimate of drug-likeness (QED) is 0.554. The van der Waals surface area contributed by atoms with Crippen LogP contribution in [0.4, 0.5) is 13.2 Å². The summed E-state index contributed by atoms with van der Waals surface area (Å²) in [5.41, 5.74) is 1.37. The van der Waals surface area contributed by atoms with Crippen molar-refractivity contribution < 1.29 is 21.6 Å². The summed E-state index contributed by atoms with van der Waals surface area (Å²) in [7, 11) is -2.43. The number of hydrogen-bond acceptors (Lipinski definition) is 4. The molecule has 0 saturated carbocycles. The molecule has 0 aliphatic carbocycles. The Balaban J connectivity index is 1.92. The summed E-state index contributed by atoms with van der Waals surface area (Å²) in [6.45, 7) is -1.51. The van der Waals surface area contributed by atoms with Crippen molar-refractivity contribution in [2.45, 2.75) is 31.3 Å². The van der Waals surface area contributed by atoms with Gasteiger partial charge in [0.1, 0.15) is 10.7 Å². The predicted molar refractivity (Wildman–Crippen MR) is 99.1 cm³/mol. The molecule has 0 fully saturated rings. The van der Waals surface area contributed by atoms with E-state index in [1.807, 2.05) is 0 Å². The second-order valence-corrected chi connectivity index (χ2v) is 8.40. The van der Waals surface area contributed by atoms with Crippen molar-refractivity contribution in [3.05, 3.63) is 65.5 Å². The fraction of sp³-hybridized carbons (Fsp3) is 0.333. The third-order valence-electron chi connectivity index (χ3n) is 4.51. The number of sulfonamides is 1. The van der Waals surface area contributed by atoms with Crippen LogP contribution in [0.1, 0.15) is 23.5 Å². The molecule has 1 aromatic carbocycles. The van der Waals surface area contributed by atoms with Gasteiger partial charge in [-0.25, -0.2) is 17.5 Å². The molecule has 0 amide bonds. The molecule has 0 spiro atoms. The van der Waals surface area contributed by atoms with Gasteiger partial charge >= 0.3 is 6.55 Å². The second-order valence-electron chi connectivity index (χ2n) is 6.50. The van der Waals surface area contributed by atoms with Crippen LogP contribution < -0.4 is 0 Å². The van der Waals surface area contributed by atoms with Gasteiger partial charge in [-0.1, -0.05) is 12.1 Å². The number of hydrogen-bond donors (Lipinski definition) is 0. The first-order valence-electron chi connectivity index (χ1n) is 8.74. The Morgan fingerprint density at radius 3 is 2.41 bits per heavy atom. The minimum Gasteiger partial charge on any atom is -0.271 e. The van der Waals surface area contributed by atoms with Gasteiger partial charge in [0.15, 0.2) is 0 Å². The highest BCUT2D eigenvalue weighted by atomic mass is 32.2. The van der Waals surface area contributed by atoms with E-state index >= 15 is 0 Å². The van der Waals surface area contributed by atoms with Gasteiger partial charge in [0, 0.05) is 19.8 Å². The number of benzene rings is 1. The first-order chi connectivity index (χ1) is 13.7. The van der Waals surface area contributed by atoms with Crippen molar-refractivity contribution in [1.82, 2.24) is 23.9 Å². The first kappa shape index (κ1) is 21.1. The third-order valence-corrected chi connectivity index (χ3v) is 6.46. The number of rotatable bonds is 8. The summed E-state index contributed by atoms with van der Waals surface area (Å²) in [6.07, 6.45) is 2.70. The van der Waals surface area contributed by atoms with Crippen LogP contribution in [-0.4, -0.2) is 38.8 Å². The maximum atomic E-state index is 13.2. The van der Waals surface area contributed by atoms with E-state index in [-0.39, 0.29) is 29.5 Å². The first-order valence-corrected chi connectivity index (χ1v) is 10.2. The normalized spacial score (nSPS) is 12.2. The van der Waals surface area contributed by atoms with E-state index in [2.05, 4.69) is 10.2 Å². The Labute approximate surface area is 166 Å². The van der Waals surface area contributed by atoms with Crippen LogP contribution in [0.2, 0.25) is 0 Å². The van der Waals surface area contributed by atoms with E-state index < -0.39 is 16.6 Å². The molecular formula is C18H20F3N5O2S. The molecule has 11 heteroatoms. The van der Waals surface area contributed by atoms with Gasteiger partial charge in [-0.15, -0.1) is 0 Å². The van der Waals surface area contributed by atoms with Crippen molar-refractivity contribution in [2.24, 2.45) is 7.05 Å². The molecule has 0 aliphatic rings. The van der Waals surface area contributed by atoms with Gasteiger partial charge in [0.05, 0.1) is 24.1 Å². The Kier molecular flexibility index (Phi) is 6.08. The van der Waals surface area contributed by atoms with Crippen molar-refractivity contribution >= 4 is 10.0 Å². The highest BCUT2D eigenvalue weighted by Crippen LogP contribution is 2.23. The van der Waals surface area contributed by atoms with Gasteiger partial charge in [-0.2, -0.15) is 23.3 Å². The molecule has 0 unspecified atom stereocenters. The van der Waals surface area contributed by atoms with E-state index in [1.165, 1.54) is 28.0 Å². The summed E-state index contributed by atoms with van der Waals surface area (Å²) >= 11 is 0. The minimum atomic E-state index is -4.11. The zero-order valence-corrected chi connectivity index (χ0v) is 16.7. The molecule has 0 aliphatic heterocycles. The molecule has 3 rings (SSSR count). The predicted octanol–water partition coefficient (Wildman–Crippen LogP) is 2.89. The molecule has 7 nitrogen and oxygen atoms in total. The van der Waals surface area contributed by atoms with E-state index in [0.717, 1.165) is 11.8 Å². The summed E-state index contributed by atoms with van der Waals surface area (Å²) in [5, 5.41) is 7.64. The van der Waals surface area contributed by atoms with E-state index in [1.54, 1.807) is 31.4 Å². The number of aryl methyl sites for hydroxylation is 2. The zero-order valence-electron chi connectivity index (χ0n) is 15.8. The van der Waals surface area contributed by atoms with Crippen molar-refractivity contribution in [1.29, 1.82) is 0 Å². The highest BCUT2D eigenvalue weighted by Gasteiger charge is 2.30. The number of nitrogens with zero attached hydrogens (tertiary/aromatic N) is 5. The SMILES string of the molecule is Cc1nn(C(F)F)cc1S(=O)(=O)N(CCc1ccc(F)cc1)Cc1ccnn1C. The van der Waals surface area contributed by atoms with E-state index in [0.29, 0.717) is 16.8 Å². The lowest BCUT2D eigenvalue weighted by Crippen LogP contribution is -2.33. The van der Waals surface area contributed by atoms with E-state index in [9.17, 15) is 21.6 Å². The molecule has 0 atom stereocenters. The lowest BCUT2D eigenvalue weighted by atomic mass is 10.1. The monoisotopic (exact) mass is 427 g/mol. The summed E-state index contributed by atoms with van der Waals surface area (Å²) < 4.78 is 68.6. The van der Waals surface area contributed by atoms with Crippen molar-refractivity contribution in [2.75, 3.05) is 6.54 Å². The van der Waals surface area contributed by atoms with Crippen LogP contribution in [0.3, 0.4) is 0 Å². The standard InChI is InChI=1S/C18H20F3N5O2S/c1-13-17(12-26(23-13)18(20)21)29(27,28)25(11-16-7-9-22-24(16)2)10-8-14-3-5-15(19)6-4-14/h3-7,9,12,18H,8,10-11H2,1-2H3. The molecule has 0 saturated heterocycles. The van der Waals surface area contributed by atoms with Crippen LogP contribution in [0.25, 0.3) is 0 Å². The molecular weight excluding hydrogens is 407 g/mol. The summed E-state index contributed by atoms with van der Waals surface area (Å²) in [5.74, 6) is -0.386. The molecule has 29 heavy (non-hydrogen) atoms. The summed E-state index contributed by atoms with van der Waals surface area (Å²) in [6, 6.07) is 7.42. The van der Waals surface area contributed by atoms with Gasteiger partial charge in [-0.3, -0.25) is 4.68 Å². The largest absolute Gasteiger partial charge is 0.333 e. The Morgan fingerprint density at radius 2 is 1.86 bits per heavy atom. The molecule has 3 aromatic rings. The average Bonchev–Trinajstić information content (AvgIpc) is 3.26. The smallest absolute Gasteiger partial charge is 0.271 e. The average molecular weight is 427 g/mol. The zero-order chi connectivity index (χ0) is 21.2. The lowest BCUT2D eigenvalue weighted by molar-refractivity contribution is 0.0561. The van der Waals surface area contributed by atoms with Crippen LogP contribution in [0.15, 0.2) is 47.6 Å². The highest BCUT2D eigenvalue weighted by molar-refractivity contribution is 7.89. The third kappa shape index (κ3) is 4.67. The maximum Gasteiger partial charge on any atom is 0.333 e. The maximum absolute atomic E-state index is 13.2. The van der Waals surface area contributed by atoms with Crippen molar-refractivity contribution in [3.63, 3.8) is 0 Å². The molecule has 2 heterocycles. The summed E-state index contributed by atoms with van der Waals surface area (Å²) in [4.78, 5) is -0.279. The molecule has 0 bridgehead atoms. The lowest BCUT2D eigenvalue weighted by Gasteiger charge is -2.22. The van der Waals surface area contributed by atoms with Gasteiger partial charge in [0.25, 0.3) is 0 Å². The number of halogens is 3. The Hall–Kier alpha value is -2.66. The number of alkyl halides is 2. The van der Waals surface area contributed by atoms with Crippen molar-refractivity contribution in [3.8, 4) is 0 Å².